The van der Waals surface area contributed by atoms with Crippen molar-refractivity contribution in [3.05, 3.63) is 36.2 Å². The Kier molecular flexibility index (Phi) is 3.18. The molecule has 1 heterocycles. The molecule has 5 nitrogen and oxygen atoms in total. The number of benzene rings is 1. The van der Waals surface area contributed by atoms with Crippen molar-refractivity contribution in [1.29, 1.82) is 0 Å². The van der Waals surface area contributed by atoms with Gasteiger partial charge in [0, 0.05) is 5.56 Å². The number of carbonyl (C=O) groups is 1. The highest BCUT2D eigenvalue weighted by molar-refractivity contribution is 5.66. The van der Waals surface area contributed by atoms with Crippen molar-refractivity contribution in [3.8, 4) is 11.4 Å². The average molecular weight is 231 g/mol. The maximum atomic E-state index is 10.4. The van der Waals surface area contributed by atoms with Gasteiger partial charge in [-0.15, -0.1) is 0 Å². The molecule has 0 amide bonds. The largest absolute Gasteiger partial charge is 0.481 e. The standard InChI is InChI=1S/C12H13N3O2/c1-9-3-2-4-10(7-9)12-13-8-15(14-12)6-5-11(16)17/h2-4,7-8H,5-6H2,1H3,(H,16,17). The molecule has 0 aliphatic carbocycles. The molecule has 0 saturated carbocycles. The Labute approximate surface area is 98.7 Å². The molecule has 0 aliphatic rings. The minimum Gasteiger partial charge on any atom is -0.481 e. The molecular formula is C12H13N3O2. The Balaban J connectivity index is 2.15. The monoisotopic (exact) mass is 231 g/mol. The van der Waals surface area contributed by atoms with Crippen molar-refractivity contribution in [1.82, 2.24) is 14.8 Å². The first kappa shape index (κ1) is 11.3. The van der Waals surface area contributed by atoms with Crippen LogP contribution in [0.2, 0.25) is 0 Å². The molecule has 88 valence electrons. The summed E-state index contributed by atoms with van der Waals surface area (Å²) in [6.07, 6.45) is 1.61. The molecule has 0 atom stereocenters. The second-order valence-corrected chi connectivity index (χ2v) is 3.84. The van der Waals surface area contributed by atoms with Gasteiger partial charge < -0.3 is 5.11 Å². The van der Waals surface area contributed by atoms with E-state index in [0.29, 0.717) is 12.4 Å². The summed E-state index contributed by atoms with van der Waals surface area (Å²) in [6.45, 7) is 2.35. The number of rotatable bonds is 4. The van der Waals surface area contributed by atoms with Crippen LogP contribution in [0.1, 0.15) is 12.0 Å². The molecule has 17 heavy (non-hydrogen) atoms. The summed E-state index contributed by atoms with van der Waals surface area (Å²) in [5, 5.41) is 12.8. The minimum absolute atomic E-state index is 0.0522. The van der Waals surface area contributed by atoms with Gasteiger partial charge in [0.15, 0.2) is 5.82 Å². The molecule has 1 aromatic heterocycles. The number of hydrogen-bond acceptors (Lipinski definition) is 3. The first-order chi connectivity index (χ1) is 8.15. The van der Waals surface area contributed by atoms with E-state index in [0.717, 1.165) is 11.1 Å². The topological polar surface area (TPSA) is 68.0 Å². The summed E-state index contributed by atoms with van der Waals surface area (Å²) >= 11 is 0. The molecule has 2 rings (SSSR count). The minimum atomic E-state index is -0.836. The number of hydrogen-bond donors (Lipinski definition) is 1. The van der Waals surface area contributed by atoms with Crippen LogP contribution in [0.15, 0.2) is 30.6 Å². The third-order valence-electron chi connectivity index (χ3n) is 2.37. The summed E-state index contributed by atoms with van der Waals surface area (Å²) in [7, 11) is 0. The SMILES string of the molecule is Cc1cccc(-c2ncn(CCC(=O)O)n2)c1. The van der Waals surface area contributed by atoms with Gasteiger partial charge in [0.05, 0.1) is 13.0 Å². The van der Waals surface area contributed by atoms with Crippen LogP contribution in [-0.2, 0) is 11.3 Å². The quantitative estimate of drug-likeness (QED) is 0.870. The predicted molar refractivity (Wildman–Crippen MR) is 62.4 cm³/mol. The molecule has 0 unspecified atom stereocenters. The highest BCUT2D eigenvalue weighted by Crippen LogP contribution is 2.15. The number of carboxylic acid groups (broad SMARTS) is 1. The van der Waals surface area contributed by atoms with Crippen LogP contribution in [0.4, 0.5) is 0 Å². The second kappa shape index (κ2) is 4.78. The van der Waals surface area contributed by atoms with Crippen LogP contribution in [0.5, 0.6) is 0 Å². The smallest absolute Gasteiger partial charge is 0.305 e. The van der Waals surface area contributed by atoms with Crippen molar-refractivity contribution < 1.29 is 9.90 Å². The molecule has 0 radical (unpaired) electrons. The first-order valence-corrected chi connectivity index (χ1v) is 5.33. The van der Waals surface area contributed by atoms with E-state index in [9.17, 15) is 4.79 Å². The van der Waals surface area contributed by atoms with Crippen LogP contribution in [0.25, 0.3) is 11.4 Å². The van der Waals surface area contributed by atoms with E-state index in [-0.39, 0.29) is 6.42 Å². The van der Waals surface area contributed by atoms with Crippen LogP contribution >= 0.6 is 0 Å². The number of aromatic nitrogens is 3. The van der Waals surface area contributed by atoms with Crippen LogP contribution in [0.3, 0.4) is 0 Å². The van der Waals surface area contributed by atoms with E-state index in [1.54, 1.807) is 11.0 Å². The molecule has 0 fully saturated rings. The number of aliphatic carboxylic acids is 1. The molecule has 0 spiro atoms. The lowest BCUT2D eigenvalue weighted by molar-refractivity contribution is -0.137. The number of carboxylic acids is 1. The van der Waals surface area contributed by atoms with Gasteiger partial charge in [0.2, 0.25) is 0 Å². The van der Waals surface area contributed by atoms with Crippen molar-refractivity contribution in [3.63, 3.8) is 0 Å². The van der Waals surface area contributed by atoms with Gasteiger partial charge in [-0.25, -0.2) is 4.98 Å². The third kappa shape index (κ3) is 2.90. The fraction of sp³-hybridized carbons (Fsp3) is 0.250. The lowest BCUT2D eigenvalue weighted by Gasteiger charge is -1.97. The van der Waals surface area contributed by atoms with E-state index in [2.05, 4.69) is 10.1 Å². The Morgan fingerprint density at radius 2 is 2.29 bits per heavy atom. The summed E-state index contributed by atoms with van der Waals surface area (Å²) in [6, 6.07) is 7.88. The highest BCUT2D eigenvalue weighted by Gasteiger charge is 2.05. The highest BCUT2D eigenvalue weighted by atomic mass is 16.4. The lowest BCUT2D eigenvalue weighted by atomic mass is 10.1. The maximum Gasteiger partial charge on any atom is 0.305 e. The summed E-state index contributed by atoms with van der Waals surface area (Å²) in [4.78, 5) is 14.6. The Morgan fingerprint density at radius 3 is 3.00 bits per heavy atom. The van der Waals surface area contributed by atoms with E-state index in [4.69, 9.17) is 5.11 Å². The average Bonchev–Trinajstić information content (AvgIpc) is 2.75. The lowest BCUT2D eigenvalue weighted by Crippen LogP contribution is -2.04. The Hall–Kier alpha value is -2.17. The molecule has 0 saturated heterocycles. The number of aryl methyl sites for hydroxylation is 2. The zero-order valence-electron chi connectivity index (χ0n) is 9.50. The van der Waals surface area contributed by atoms with E-state index >= 15 is 0 Å². The first-order valence-electron chi connectivity index (χ1n) is 5.33. The van der Waals surface area contributed by atoms with Gasteiger partial charge in [-0.1, -0.05) is 23.8 Å². The zero-order valence-corrected chi connectivity index (χ0v) is 9.50. The second-order valence-electron chi connectivity index (χ2n) is 3.84. The molecule has 2 aromatic rings. The van der Waals surface area contributed by atoms with Gasteiger partial charge >= 0.3 is 5.97 Å². The molecule has 1 aromatic carbocycles. The van der Waals surface area contributed by atoms with Gasteiger partial charge in [-0.05, 0) is 13.0 Å². The van der Waals surface area contributed by atoms with Crippen LogP contribution in [-0.4, -0.2) is 25.8 Å². The van der Waals surface area contributed by atoms with E-state index in [1.165, 1.54) is 0 Å². The zero-order chi connectivity index (χ0) is 12.3. The maximum absolute atomic E-state index is 10.4. The summed E-state index contributed by atoms with van der Waals surface area (Å²) in [5.74, 6) is -0.211. The molecule has 0 aliphatic heterocycles. The van der Waals surface area contributed by atoms with Gasteiger partial charge in [-0.3, -0.25) is 9.48 Å². The van der Waals surface area contributed by atoms with Crippen LogP contribution < -0.4 is 0 Å². The fourth-order valence-electron chi connectivity index (χ4n) is 1.53. The van der Waals surface area contributed by atoms with Crippen molar-refractivity contribution in [2.45, 2.75) is 19.9 Å². The Bertz CT molecular complexity index is 534. The summed E-state index contributed by atoms with van der Waals surface area (Å²) < 4.78 is 1.55. The van der Waals surface area contributed by atoms with E-state index < -0.39 is 5.97 Å². The van der Waals surface area contributed by atoms with Crippen molar-refractivity contribution in [2.24, 2.45) is 0 Å². The van der Waals surface area contributed by atoms with Gasteiger partial charge in [-0.2, -0.15) is 5.10 Å². The molecule has 1 N–H and O–H groups in total. The van der Waals surface area contributed by atoms with Gasteiger partial charge in [0.25, 0.3) is 0 Å². The molecule has 5 heteroatoms. The summed E-state index contributed by atoms with van der Waals surface area (Å²) in [5.41, 5.74) is 2.09. The number of nitrogens with zero attached hydrogens (tertiary/aromatic N) is 3. The fourth-order valence-corrected chi connectivity index (χ4v) is 1.53. The van der Waals surface area contributed by atoms with Crippen molar-refractivity contribution in [2.75, 3.05) is 0 Å². The molecular weight excluding hydrogens is 218 g/mol. The Morgan fingerprint density at radius 1 is 1.47 bits per heavy atom. The van der Waals surface area contributed by atoms with E-state index in [1.807, 2.05) is 31.2 Å². The third-order valence-corrected chi connectivity index (χ3v) is 2.37. The normalized spacial score (nSPS) is 10.4. The molecule has 0 bridgehead atoms. The van der Waals surface area contributed by atoms with Gasteiger partial charge in [0.1, 0.15) is 6.33 Å². The predicted octanol–water partition coefficient (Wildman–Crippen LogP) is 1.73. The van der Waals surface area contributed by atoms with Crippen LogP contribution in [0, 0.1) is 6.92 Å². The van der Waals surface area contributed by atoms with Crippen molar-refractivity contribution >= 4 is 5.97 Å².